The topological polar surface area (TPSA) is 126 Å². The third-order valence-corrected chi connectivity index (χ3v) is 10.1. The molecule has 3 aliphatic rings. The van der Waals surface area contributed by atoms with Gasteiger partial charge < -0.3 is 19.9 Å². The molecule has 4 heterocycles. The van der Waals surface area contributed by atoms with Crippen LogP contribution in [0.2, 0.25) is 0 Å². The number of anilines is 1. The number of piperidine rings is 3. The summed E-state index contributed by atoms with van der Waals surface area (Å²) in [6, 6.07) is 16.0. The molecule has 0 saturated carbocycles. The van der Waals surface area contributed by atoms with Gasteiger partial charge in [-0.1, -0.05) is 24.3 Å². The van der Waals surface area contributed by atoms with E-state index in [0.717, 1.165) is 32.4 Å². The van der Waals surface area contributed by atoms with E-state index in [2.05, 4.69) is 55.7 Å². The van der Waals surface area contributed by atoms with Crippen molar-refractivity contribution in [1.29, 1.82) is 0 Å². The van der Waals surface area contributed by atoms with E-state index in [-0.39, 0.29) is 41.7 Å². The first kappa shape index (κ1) is 31.9. The summed E-state index contributed by atoms with van der Waals surface area (Å²) in [5.41, 5.74) is 3.60. The Morgan fingerprint density at radius 1 is 0.935 bits per heavy atom. The molecule has 3 amide bonds. The van der Waals surface area contributed by atoms with Gasteiger partial charge in [0.2, 0.25) is 5.91 Å². The lowest BCUT2D eigenvalue weighted by molar-refractivity contribution is -0.138. The molecule has 3 aliphatic heterocycles. The molecule has 0 spiro atoms. The summed E-state index contributed by atoms with van der Waals surface area (Å²) in [6.07, 6.45) is 4.34. The minimum atomic E-state index is -0.650. The van der Waals surface area contributed by atoms with Crippen molar-refractivity contribution in [2.75, 3.05) is 38.5 Å². The van der Waals surface area contributed by atoms with E-state index in [1.807, 2.05) is 41.3 Å². The predicted octanol–water partition coefficient (Wildman–Crippen LogP) is 3.65. The Hall–Kier alpha value is -4.03. The van der Waals surface area contributed by atoms with Gasteiger partial charge >= 0.3 is 0 Å². The highest BCUT2D eigenvalue weighted by molar-refractivity contribution is 9.10. The maximum absolute atomic E-state index is 13.4. The van der Waals surface area contributed by atoms with Gasteiger partial charge in [0.1, 0.15) is 10.2 Å². The molecule has 3 aromatic rings. The smallest absolute Gasteiger partial charge is 0.282 e. The highest BCUT2D eigenvalue weighted by Gasteiger charge is 2.30. The zero-order valence-corrected chi connectivity index (χ0v) is 27.7. The number of carbonyl (C=O) groups is 3. The molecule has 242 valence electrons. The number of carbonyl (C=O) groups excluding carboxylic acids is 3. The standard InChI is InChI=1S/C34H39BrN6O5/c1-39-19-25(17-26(20-39)37-28-18-36-40(2)34(45)31(28)35)22-3-5-24(6-4-22)33(44)41-15-13-23(14-16-41)21-7-9-27(10-8-21)46-29-11-12-30(42)38-32(29)43/h3-10,18,23,25-26,29,37H,11-17,19-20H2,1-2H3,(H,38,42,43)/t25-,26+,29?/m1/s1. The average molecular weight is 692 g/mol. The molecule has 3 atom stereocenters. The monoisotopic (exact) mass is 690 g/mol. The summed E-state index contributed by atoms with van der Waals surface area (Å²) < 4.78 is 7.60. The van der Waals surface area contributed by atoms with E-state index in [1.165, 1.54) is 15.8 Å². The number of benzene rings is 2. The van der Waals surface area contributed by atoms with Gasteiger partial charge in [-0.3, -0.25) is 24.5 Å². The highest BCUT2D eigenvalue weighted by atomic mass is 79.9. The van der Waals surface area contributed by atoms with Crippen molar-refractivity contribution >= 4 is 39.3 Å². The molecule has 1 aromatic heterocycles. The van der Waals surface area contributed by atoms with Crippen LogP contribution in [0.15, 0.2) is 64.0 Å². The Bertz CT molecular complexity index is 1650. The van der Waals surface area contributed by atoms with E-state index >= 15 is 0 Å². The van der Waals surface area contributed by atoms with Crippen molar-refractivity contribution < 1.29 is 19.1 Å². The number of amides is 3. The Kier molecular flexibility index (Phi) is 9.55. The normalized spacial score (nSPS) is 22.8. The van der Waals surface area contributed by atoms with Crippen molar-refractivity contribution in [3.63, 3.8) is 0 Å². The molecule has 46 heavy (non-hydrogen) atoms. The van der Waals surface area contributed by atoms with Crippen molar-refractivity contribution in [2.45, 2.75) is 56.1 Å². The third-order valence-electron chi connectivity index (χ3n) is 9.30. The quantitative estimate of drug-likeness (QED) is 0.360. The van der Waals surface area contributed by atoms with Crippen LogP contribution in [0.1, 0.15) is 65.4 Å². The van der Waals surface area contributed by atoms with Crippen LogP contribution in [-0.2, 0) is 16.6 Å². The van der Waals surface area contributed by atoms with Crippen LogP contribution in [0.4, 0.5) is 5.69 Å². The zero-order chi connectivity index (χ0) is 32.4. The maximum atomic E-state index is 13.4. The number of likely N-dealkylation sites (N-methyl/N-ethyl adjacent to an activating group) is 1. The second kappa shape index (κ2) is 13.8. The molecule has 2 aromatic carbocycles. The van der Waals surface area contributed by atoms with E-state index in [1.54, 1.807) is 13.2 Å². The van der Waals surface area contributed by atoms with Gasteiger partial charge in [0.25, 0.3) is 17.4 Å². The zero-order valence-electron chi connectivity index (χ0n) is 26.1. The molecule has 3 fully saturated rings. The number of nitrogens with zero attached hydrogens (tertiary/aromatic N) is 4. The van der Waals surface area contributed by atoms with Gasteiger partial charge in [-0.15, -0.1) is 0 Å². The molecule has 1 unspecified atom stereocenters. The van der Waals surface area contributed by atoms with Crippen LogP contribution in [0.5, 0.6) is 5.75 Å². The fourth-order valence-electron chi connectivity index (χ4n) is 6.76. The van der Waals surface area contributed by atoms with Crippen molar-refractivity contribution in [2.24, 2.45) is 7.05 Å². The molecule has 6 rings (SSSR count). The fraction of sp³-hybridized carbons (Fsp3) is 0.441. The summed E-state index contributed by atoms with van der Waals surface area (Å²) in [7, 11) is 3.73. The fourth-order valence-corrected chi connectivity index (χ4v) is 7.24. The van der Waals surface area contributed by atoms with Crippen LogP contribution in [0, 0.1) is 0 Å². The summed E-state index contributed by atoms with van der Waals surface area (Å²) in [5.74, 6) is 0.645. The summed E-state index contributed by atoms with van der Waals surface area (Å²) in [4.78, 5) is 53.3. The lowest BCUT2D eigenvalue weighted by atomic mass is 9.87. The van der Waals surface area contributed by atoms with Gasteiger partial charge in [-0.25, -0.2) is 4.68 Å². The van der Waals surface area contributed by atoms with Crippen LogP contribution < -0.4 is 20.9 Å². The van der Waals surface area contributed by atoms with Gasteiger partial charge in [0.15, 0.2) is 6.10 Å². The molecule has 3 saturated heterocycles. The van der Waals surface area contributed by atoms with E-state index in [9.17, 15) is 19.2 Å². The Labute approximate surface area is 276 Å². The molecule has 2 N–H and O–H groups in total. The molecule has 11 nitrogen and oxygen atoms in total. The number of likely N-dealkylation sites (tertiary alicyclic amines) is 2. The minimum absolute atomic E-state index is 0.0568. The van der Waals surface area contributed by atoms with Crippen molar-refractivity contribution in [3.8, 4) is 5.75 Å². The van der Waals surface area contributed by atoms with Gasteiger partial charge in [-0.2, -0.15) is 5.10 Å². The first-order valence-corrected chi connectivity index (χ1v) is 16.6. The van der Waals surface area contributed by atoms with Crippen LogP contribution in [0.3, 0.4) is 0 Å². The molecule has 12 heteroatoms. The number of imide groups is 1. The third kappa shape index (κ3) is 7.18. The highest BCUT2D eigenvalue weighted by Crippen LogP contribution is 2.32. The Balaban J connectivity index is 1.01. The summed E-state index contributed by atoms with van der Waals surface area (Å²) >= 11 is 3.41. The second-order valence-corrected chi connectivity index (χ2v) is 13.4. The first-order chi connectivity index (χ1) is 22.1. The molecule has 0 bridgehead atoms. The molecule has 0 radical (unpaired) electrons. The lowest BCUT2D eigenvalue weighted by Gasteiger charge is -2.37. The van der Waals surface area contributed by atoms with E-state index in [4.69, 9.17) is 4.74 Å². The van der Waals surface area contributed by atoms with Crippen molar-refractivity contribution in [3.05, 3.63) is 86.2 Å². The predicted molar refractivity (Wildman–Crippen MR) is 177 cm³/mol. The number of rotatable bonds is 7. The Morgan fingerprint density at radius 2 is 1.61 bits per heavy atom. The van der Waals surface area contributed by atoms with Gasteiger partial charge in [0, 0.05) is 57.7 Å². The number of aryl methyl sites for hydroxylation is 1. The number of halogens is 1. The lowest BCUT2D eigenvalue weighted by Crippen LogP contribution is -2.46. The number of aromatic nitrogens is 2. The van der Waals surface area contributed by atoms with Crippen LogP contribution >= 0.6 is 15.9 Å². The average Bonchev–Trinajstić information content (AvgIpc) is 3.06. The maximum Gasteiger partial charge on any atom is 0.282 e. The summed E-state index contributed by atoms with van der Waals surface area (Å²) in [6.45, 7) is 3.14. The number of hydrogen-bond acceptors (Lipinski definition) is 8. The number of ether oxygens (including phenoxy) is 1. The Morgan fingerprint density at radius 3 is 2.30 bits per heavy atom. The van der Waals surface area contributed by atoms with E-state index < -0.39 is 6.10 Å². The van der Waals surface area contributed by atoms with E-state index in [0.29, 0.717) is 46.9 Å². The minimum Gasteiger partial charge on any atom is -0.481 e. The molecular weight excluding hydrogens is 652 g/mol. The SMILES string of the molecule is CN1C[C@@H](Nc2cnn(C)c(=O)c2Br)C[C@@H](c2ccc(C(=O)N3CCC(c4ccc(OC5CCC(=O)NC5=O)cc4)CC3)cc2)C1. The number of nitrogens with one attached hydrogen (secondary N) is 2. The van der Waals surface area contributed by atoms with Crippen molar-refractivity contribution in [1.82, 2.24) is 24.9 Å². The van der Waals surface area contributed by atoms with Gasteiger partial charge in [0.05, 0.1) is 11.9 Å². The summed E-state index contributed by atoms with van der Waals surface area (Å²) in [5, 5.41) is 9.97. The molecule has 0 aliphatic carbocycles. The van der Waals surface area contributed by atoms with Crippen LogP contribution in [-0.4, -0.2) is 82.7 Å². The largest absolute Gasteiger partial charge is 0.481 e. The number of hydrogen-bond donors (Lipinski definition) is 2. The second-order valence-electron chi connectivity index (χ2n) is 12.6. The van der Waals surface area contributed by atoms with Gasteiger partial charge in [-0.05, 0) is 89.5 Å². The first-order valence-electron chi connectivity index (χ1n) is 15.8. The van der Waals surface area contributed by atoms with Crippen LogP contribution in [0.25, 0.3) is 0 Å². The molecular formula is C34H39BrN6O5.